The summed E-state index contributed by atoms with van der Waals surface area (Å²) >= 11 is 13.0. The molecule has 2 bridgehead atoms. The first-order valence-electron chi connectivity index (χ1n) is 13.3. The molecule has 0 amide bonds. The van der Waals surface area contributed by atoms with Crippen LogP contribution in [0.25, 0.3) is 22.6 Å². The standard InChI is InChI=1S/C28H25Cl2N5O5/c29-20-2-1-3-21(30)23(20)24-19(25(39-33-24)14-4-5-14)13-38-18-10-16-7-8-17(11-18)35(16)28-32-26(34-40-28)15-6-9-22(27(36)37)31-12-15/h1-3,6,9,12,14,16-18H,4-5,7-8,10-11,13H2,(H,36,37)/t16-,17+,18?. The molecule has 12 heteroatoms. The maximum absolute atomic E-state index is 11.1. The van der Waals surface area contributed by atoms with E-state index in [1.54, 1.807) is 18.2 Å². The molecule has 2 aliphatic heterocycles. The molecule has 7 rings (SSSR count). The number of rotatable bonds is 8. The zero-order valence-corrected chi connectivity index (χ0v) is 22.8. The van der Waals surface area contributed by atoms with Crippen molar-refractivity contribution in [2.75, 3.05) is 4.90 Å². The lowest BCUT2D eigenvalue weighted by atomic mass is 9.99. The van der Waals surface area contributed by atoms with Crippen molar-refractivity contribution < 1.29 is 23.7 Å². The van der Waals surface area contributed by atoms with Crippen LogP contribution in [0.2, 0.25) is 10.0 Å². The first-order chi connectivity index (χ1) is 19.5. The molecule has 2 saturated heterocycles. The average Bonchev–Trinajstić information content (AvgIpc) is 3.42. The Hall–Kier alpha value is -3.47. The van der Waals surface area contributed by atoms with Crippen molar-refractivity contribution in [2.45, 2.75) is 69.2 Å². The number of nitrogens with zero attached hydrogens (tertiary/aromatic N) is 5. The highest BCUT2D eigenvalue weighted by molar-refractivity contribution is 6.39. The molecule has 3 aromatic heterocycles. The highest BCUT2D eigenvalue weighted by atomic mass is 35.5. The number of aromatic nitrogens is 4. The van der Waals surface area contributed by atoms with E-state index in [-0.39, 0.29) is 23.9 Å². The fourth-order valence-electron chi connectivity index (χ4n) is 5.92. The molecule has 0 radical (unpaired) electrons. The number of carboxylic acids is 1. The number of halogens is 2. The number of piperidine rings is 1. The van der Waals surface area contributed by atoms with Crippen LogP contribution in [-0.4, -0.2) is 49.5 Å². The van der Waals surface area contributed by atoms with Gasteiger partial charge in [-0.3, -0.25) is 0 Å². The molecule has 206 valence electrons. The van der Waals surface area contributed by atoms with Crippen LogP contribution >= 0.6 is 23.2 Å². The van der Waals surface area contributed by atoms with Gasteiger partial charge in [0.25, 0.3) is 0 Å². The molecule has 1 aliphatic carbocycles. The van der Waals surface area contributed by atoms with Gasteiger partial charge >= 0.3 is 12.0 Å². The van der Waals surface area contributed by atoms with Crippen LogP contribution in [-0.2, 0) is 11.3 Å². The Labute approximate surface area is 239 Å². The van der Waals surface area contributed by atoms with E-state index in [2.05, 4.69) is 25.2 Å². The lowest BCUT2D eigenvalue weighted by molar-refractivity contribution is 0.0138. The molecule has 1 aromatic carbocycles. The molecule has 1 saturated carbocycles. The zero-order valence-electron chi connectivity index (χ0n) is 21.3. The quantitative estimate of drug-likeness (QED) is 0.250. The number of fused-ring (bicyclic) bond motifs is 2. The molecule has 3 aliphatic rings. The molecule has 4 aromatic rings. The van der Waals surface area contributed by atoms with Crippen molar-refractivity contribution in [3.05, 3.63) is 63.6 Å². The third-order valence-electron chi connectivity index (χ3n) is 8.00. The third kappa shape index (κ3) is 4.63. The van der Waals surface area contributed by atoms with Gasteiger partial charge in [0.2, 0.25) is 5.82 Å². The third-order valence-corrected chi connectivity index (χ3v) is 8.63. The number of carbonyl (C=O) groups is 1. The summed E-state index contributed by atoms with van der Waals surface area (Å²) in [6.45, 7) is 0.375. The van der Waals surface area contributed by atoms with Crippen LogP contribution in [0.15, 0.2) is 45.6 Å². The number of ether oxygens (including phenoxy) is 1. The van der Waals surface area contributed by atoms with Crippen molar-refractivity contribution in [2.24, 2.45) is 0 Å². The van der Waals surface area contributed by atoms with Crippen LogP contribution in [0.1, 0.15) is 66.3 Å². The number of benzene rings is 1. The van der Waals surface area contributed by atoms with Gasteiger partial charge in [0, 0.05) is 40.9 Å². The summed E-state index contributed by atoms with van der Waals surface area (Å²) in [5, 5.41) is 18.6. The molecule has 40 heavy (non-hydrogen) atoms. The maximum atomic E-state index is 11.1. The van der Waals surface area contributed by atoms with Gasteiger partial charge in [-0.25, -0.2) is 9.78 Å². The minimum atomic E-state index is -1.08. The van der Waals surface area contributed by atoms with E-state index >= 15 is 0 Å². The summed E-state index contributed by atoms with van der Waals surface area (Å²) in [6.07, 6.45) is 7.33. The monoisotopic (exact) mass is 581 g/mol. The van der Waals surface area contributed by atoms with E-state index in [1.165, 1.54) is 12.3 Å². The Morgan fingerprint density at radius 2 is 1.77 bits per heavy atom. The lowest BCUT2D eigenvalue weighted by Crippen LogP contribution is -2.45. The highest BCUT2D eigenvalue weighted by Gasteiger charge is 2.44. The Morgan fingerprint density at radius 3 is 2.42 bits per heavy atom. The van der Waals surface area contributed by atoms with Crippen LogP contribution in [0.5, 0.6) is 0 Å². The van der Waals surface area contributed by atoms with E-state index in [0.717, 1.165) is 49.8 Å². The Bertz CT molecular complexity index is 1530. The average molecular weight is 582 g/mol. The number of aromatic carboxylic acids is 1. The summed E-state index contributed by atoms with van der Waals surface area (Å²) in [5.74, 6) is 0.527. The van der Waals surface area contributed by atoms with Gasteiger partial charge in [0.15, 0.2) is 0 Å². The Morgan fingerprint density at radius 1 is 1.02 bits per heavy atom. The van der Waals surface area contributed by atoms with E-state index in [1.807, 2.05) is 6.07 Å². The minimum absolute atomic E-state index is 0.0369. The van der Waals surface area contributed by atoms with E-state index < -0.39 is 5.97 Å². The second kappa shape index (κ2) is 10.2. The van der Waals surface area contributed by atoms with Gasteiger partial charge in [0.05, 0.1) is 22.8 Å². The van der Waals surface area contributed by atoms with Gasteiger partial charge in [0.1, 0.15) is 17.1 Å². The van der Waals surface area contributed by atoms with Gasteiger partial charge in [-0.15, -0.1) is 0 Å². The molecule has 1 N–H and O–H groups in total. The number of anilines is 1. The zero-order chi connectivity index (χ0) is 27.4. The normalized spacial score (nSPS) is 22.1. The maximum Gasteiger partial charge on any atom is 0.354 e. The molecule has 0 spiro atoms. The Balaban J connectivity index is 1.06. The van der Waals surface area contributed by atoms with Crippen molar-refractivity contribution in [3.8, 4) is 22.6 Å². The smallest absolute Gasteiger partial charge is 0.354 e. The first kappa shape index (κ1) is 25.5. The van der Waals surface area contributed by atoms with Crippen molar-refractivity contribution >= 4 is 35.2 Å². The second-order valence-corrected chi connectivity index (χ2v) is 11.4. The van der Waals surface area contributed by atoms with Crippen molar-refractivity contribution in [1.82, 2.24) is 20.3 Å². The van der Waals surface area contributed by atoms with E-state index in [4.69, 9.17) is 42.1 Å². The van der Waals surface area contributed by atoms with Crippen molar-refractivity contribution in [1.29, 1.82) is 0 Å². The number of hydrogen-bond donors (Lipinski definition) is 1. The molecule has 10 nitrogen and oxygen atoms in total. The van der Waals surface area contributed by atoms with Crippen molar-refractivity contribution in [3.63, 3.8) is 0 Å². The SMILES string of the molecule is O=C(O)c1ccc(-c2noc(N3[C@@H]4CC[C@H]3CC(OCc3c(-c5c(Cl)cccc5Cl)noc3C3CC3)C4)n2)cn1. The topological polar surface area (TPSA) is 128 Å². The minimum Gasteiger partial charge on any atom is -0.477 e. The van der Waals surface area contributed by atoms with Crippen LogP contribution in [0.4, 0.5) is 6.01 Å². The van der Waals surface area contributed by atoms with Gasteiger partial charge in [-0.2, -0.15) is 4.98 Å². The second-order valence-electron chi connectivity index (χ2n) is 10.6. The lowest BCUT2D eigenvalue weighted by Gasteiger charge is -2.37. The molecular weight excluding hydrogens is 557 g/mol. The van der Waals surface area contributed by atoms with Gasteiger partial charge in [-0.1, -0.05) is 39.6 Å². The van der Waals surface area contributed by atoms with Gasteiger partial charge < -0.3 is 23.8 Å². The van der Waals surface area contributed by atoms with Crippen LogP contribution in [0.3, 0.4) is 0 Å². The molecule has 3 atom stereocenters. The van der Waals surface area contributed by atoms with E-state index in [0.29, 0.717) is 51.2 Å². The fourth-order valence-corrected chi connectivity index (χ4v) is 6.49. The van der Waals surface area contributed by atoms with Gasteiger partial charge in [-0.05, 0) is 62.8 Å². The Kier molecular flexibility index (Phi) is 6.48. The molecular formula is C28H25Cl2N5O5. The number of hydrogen-bond acceptors (Lipinski definition) is 9. The first-order valence-corrected chi connectivity index (χ1v) is 14.1. The summed E-state index contributed by atoms with van der Waals surface area (Å²) in [7, 11) is 0. The summed E-state index contributed by atoms with van der Waals surface area (Å²) in [5.41, 5.74) is 2.82. The van der Waals surface area contributed by atoms with E-state index in [9.17, 15) is 4.79 Å². The molecule has 3 fully saturated rings. The fraction of sp³-hybridized carbons (Fsp3) is 0.393. The number of pyridine rings is 1. The highest BCUT2D eigenvalue weighted by Crippen LogP contribution is 2.47. The predicted octanol–water partition coefficient (Wildman–Crippen LogP) is 6.39. The summed E-state index contributed by atoms with van der Waals surface area (Å²) < 4.78 is 18.0. The molecule has 1 unspecified atom stereocenters. The molecule has 5 heterocycles. The predicted molar refractivity (Wildman–Crippen MR) is 146 cm³/mol. The van der Waals surface area contributed by atoms with Crippen LogP contribution < -0.4 is 4.90 Å². The largest absolute Gasteiger partial charge is 0.477 e. The number of carboxylic acid groups (broad SMARTS) is 1. The van der Waals surface area contributed by atoms with Crippen LogP contribution in [0, 0.1) is 0 Å². The summed E-state index contributed by atoms with van der Waals surface area (Å²) in [6, 6.07) is 9.37. The summed E-state index contributed by atoms with van der Waals surface area (Å²) in [4.78, 5) is 21.9.